The first-order valence-electron chi connectivity index (χ1n) is 6.42. The molecular formula is C13H11Cl2N5O2. The molecule has 22 heavy (non-hydrogen) atoms. The highest BCUT2D eigenvalue weighted by Crippen LogP contribution is 2.26. The number of rotatable bonds is 3. The number of nitrogens with zero attached hydrogens (tertiary/aromatic N) is 3. The second kappa shape index (κ2) is 5.58. The number of amides is 2. The average Bonchev–Trinajstić information content (AvgIpc) is 2.86. The van der Waals surface area contributed by atoms with Crippen LogP contribution in [0, 0.1) is 6.92 Å². The van der Waals surface area contributed by atoms with Gasteiger partial charge in [-0.15, -0.1) is 0 Å². The summed E-state index contributed by atoms with van der Waals surface area (Å²) in [5.74, 6) is 0.224. The fourth-order valence-corrected chi connectivity index (χ4v) is 2.76. The second-order valence-electron chi connectivity index (χ2n) is 4.84. The van der Waals surface area contributed by atoms with Crippen molar-refractivity contribution >= 4 is 46.7 Å². The summed E-state index contributed by atoms with van der Waals surface area (Å²) in [6, 6.07) is 4.00. The maximum atomic E-state index is 12.1. The van der Waals surface area contributed by atoms with Gasteiger partial charge in [0.2, 0.25) is 11.9 Å². The van der Waals surface area contributed by atoms with Crippen LogP contribution in [0.15, 0.2) is 18.2 Å². The predicted molar refractivity (Wildman–Crippen MR) is 82.1 cm³/mol. The molecular weight excluding hydrogens is 329 g/mol. The minimum absolute atomic E-state index is 0.0637. The van der Waals surface area contributed by atoms with Crippen molar-refractivity contribution in [3.63, 3.8) is 0 Å². The fourth-order valence-electron chi connectivity index (χ4n) is 2.23. The van der Waals surface area contributed by atoms with E-state index >= 15 is 0 Å². The number of benzene rings is 1. The highest BCUT2D eigenvalue weighted by Gasteiger charge is 2.34. The standard InChI is InChI=1S/C13H11Cl2N5O2/c1-6-16-13-18-12(22)10(20(13)19-6)5-11(21)17-9-3-7(14)2-8(15)4-9/h2-4,10H,5H2,1H3,(H,17,21)(H,16,18,19,22). The van der Waals surface area contributed by atoms with Crippen molar-refractivity contribution in [3.05, 3.63) is 34.1 Å². The summed E-state index contributed by atoms with van der Waals surface area (Å²) in [5, 5.41) is 10.2. The van der Waals surface area contributed by atoms with Crippen LogP contribution in [-0.4, -0.2) is 26.6 Å². The van der Waals surface area contributed by atoms with Crippen LogP contribution in [0.4, 0.5) is 11.6 Å². The van der Waals surface area contributed by atoms with Crippen molar-refractivity contribution < 1.29 is 9.59 Å². The molecule has 0 aliphatic carbocycles. The molecule has 2 aromatic rings. The van der Waals surface area contributed by atoms with E-state index in [-0.39, 0.29) is 18.2 Å². The number of halogens is 2. The van der Waals surface area contributed by atoms with Gasteiger partial charge in [-0.3, -0.25) is 14.9 Å². The van der Waals surface area contributed by atoms with Gasteiger partial charge >= 0.3 is 0 Å². The molecule has 2 amide bonds. The van der Waals surface area contributed by atoms with E-state index in [0.717, 1.165) is 0 Å². The van der Waals surface area contributed by atoms with E-state index in [0.29, 0.717) is 27.5 Å². The topological polar surface area (TPSA) is 88.9 Å². The molecule has 1 aliphatic rings. The summed E-state index contributed by atoms with van der Waals surface area (Å²) in [6.07, 6.45) is -0.0637. The number of aromatic nitrogens is 3. The maximum Gasteiger partial charge on any atom is 0.252 e. The van der Waals surface area contributed by atoms with Gasteiger partial charge in [-0.05, 0) is 25.1 Å². The first kappa shape index (κ1) is 14.8. The first-order valence-corrected chi connectivity index (χ1v) is 7.18. The molecule has 1 aliphatic heterocycles. The predicted octanol–water partition coefficient (Wildman–Crippen LogP) is 2.42. The molecule has 0 spiro atoms. The Kier molecular flexibility index (Phi) is 3.76. The van der Waals surface area contributed by atoms with E-state index in [4.69, 9.17) is 23.2 Å². The Bertz CT molecular complexity index is 754. The van der Waals surface area contributed by atoms with Gasteiger partial charge in [0, 0.05) is 15.7 Å². The fraction of sp³-hybridized carbons (Fsp3) is 0.231. The molecule has 1 unspecified atom stereocenters. The Morgan fingerprint density at radius 3 is 2.73 bits per heavy atom. The van der Waals surface area contributed by atoms with Crippen molar-refractivity contribution in [1.29, 1.82) is 0 Å². The summed E-state index contributed by atoms with van der Waals surface area (Å²) in [4.78, 5) is 28.0. The van der Waals surface area contributed by atoms with E-state index in [9.17, 15) is 9.59 Å². The van der Waals surface area contributed by atoms with Gasteiger partial charge in [0.1, 0.15) is 11.9 Å². The highest BCUT2D eigenvalue weighted by atomic mass is 35.5. The lowest BCUT2D eigenvalue weighted by Gasteiger charge is -2.10. The van der Waals surface area contributed by atoms with Crippen molar-refractivity contribution in [2.75, 3.05) is 10.6 Å². The van der Waals surface area contributed by atoms with Gasteiger partial charge in [0.05, 0.1) is 6.42 Å². The number of carbonyl (C=O) groups is 2. The van der Waals surface area contributed by atoms with Gasteiger partial charge in [0.15, 0.2) is 0 Å². The van der Waals surface area contributed by atoms with Crippen LogP contribution in [0.2, 0.25) is 10.0 Å². The molecule has 0 saturated carbocycles. The minimum atomic E-state index is -0.717. The van der Waals surface area contributed by atoms with Gasteiger partial charge < -0.3 is 5.32 Å². The summed E-state index contributed by atoms with van der Waals surface area (Å²) >= 11 is 11.7. The molecule has 0 bridgehead atoms. The number of fused-ring (bicyclic) bond motifs is 1. The molecule has 2 N–H and O–H groups in total. The Morgan fingerprint density at radius 2 is 2.05 bits per heavy atom. The van der Waals surface area contributed by atoms with Crippen LogP contribution < -0.4 is 10.6 Å². The largest absolute Gasteiger partial charge is 0.326 e. The van der Waals surface area contributed by atoms with Gasteiger partial charge in [-0.25, -0.2) is 4.68 Å². The van der Waals surface area contributed by atoms with Gasteiger partial charge in [0.25, 0.3) is 5.91 Å². The van der Waals surface area contributed by atoms with E-state index < -0.39 is 6.04 Å². The molecule has 0 radical (unpaired) electrons. The van der Waals surface area contributed by atoms with Crippen molar-refractivity contribution in [2.45, 2.75) is 19.4 Å². The molecule has 3 rings (SSSR count). The zero-order valence-electron chi connectivity index (χ0n) is 11.4. The smallest absolute Gasteiger partial charge is 0.252 e. The monoisotopic (exact) mass is 339 g/mol. The zero-order chi connectivity index (χ0) is 15.9. The average molecular weight is 340 g/mol. The SMILES string of the molecule is Cc1nc2n(n1)C(CC(=O)Nc1cc(Cl)cc(Cl)c1)C(=O)N2. The lowest BCUT2D eigenvalue weighted by atomic mass is 10.2. The Morgan fingerprint density at radius 1 is 1.36 bits per heavy atom. The van der Waals surface area contributed by atoms with E-state index in [1.165, 1.54) is 4.68 Å². The Labute approximate surface area is 135 Å². The van der Waals surface area contributed by atoms with Crippen LogP contribution in [0.5, 0.6) is 0 Å². The molecule has 2 heterocycles. The van der Waals surface area contributed by atoms with E-state index in [2.05, 4.69) is 20.7 Å². The van der Waals surface area contributed by atoms with Crippen molar-refractivity contribution in [3.8, 4) is 0 Å². The molecule has 0 fully saturated rings. The number of carbonyl (C=O) groups excluding carboxylic acids is 2. The van der Waals surface area contributed by atoms with Gasteiger partial charge in [-0.2, -0.15) is 10.1 Å². The van der Waals surface area contributed by atoms with Crippen LogP contribution in [-0.2, 0) is 9.59 Å². The quantitative estimate of drug-likeness (QED) is 0.898. The van der Waals surface area contributed by atoms with Crippen LogP contribution >= 0.6 is 23.2 Å². The molecule has 114 valence electrons. The molecule has 1 aromatic heterocycles. The third kappa shape index (κ3) is 2.90. The lowest BCUT2D eigenvalue weighted by molar-refractivity contribution is -0.123. The number of aryl methyl sites for hydroxylation is 1. The maximum absolute atomic E-state index is 12.1. The van der Waals surface area contributed by atoms with Crippen LogP contribution in [0.1, 0.15) is 18.3 Å². The number of anilines is 2. The number of hydrogen-bond donors (Lipinski definition) is 2. The normalized spacial score (nSPS) is 16.3. The van der Waals surface area contributed by atoms with Crippen molar-refractivity contribution in [1.82, 2.24) is 14.8 Å². The van der Waals surface area contributed by atoms with Crippen molar-refractivity contribution in [2.24, 2.45) is 0 Å². The molecule has 9 heteroatoms. The van der Waals surface area contributed by atoms with Crippen LogP contribution in [0.25, 0.3) is 0 Å². The zero-order valence-corrected chi connectivity index (χ0v) is 12.9. The number of hydrogen-bond acceptors (Lipinski definition) is 4. The van der Waals surface area contributed by atoms with E-state index in [1.54, 1.807) is 25.1 Å². The number of nitrogens with one attached hydrogen (secondary N) is 2. The molecule has 7 nitrogen and oxygen atoms in total. The summed E-state index contributed by atoms with van der Waals surface area (Å²) in [5.41, 5.74) is 0.468. The third-order valence-electron chi connectivity index (χ3n) is 3.10. The Hall–Kier alpha value is -2.12. The summed E-state index contributed by atoms with van der Waals surface area (Å²) < 4.78 is 1.42. The van der Waals surface area contributed by atoms with Gasteiger partial charge in [-0.1, -0.05) is 23.2 Å². The molecule has 1 atom stereocenters. The summed E-state index contributed by atoms with van der Waals surface area (Å²) in [6.45, 7) is 1.71. The third-order valence-corrected chi connectivity index (χ3v) is 3.53. The summed E-state index contributed by atoms with van der Waals surface area (Å²) in [7, 11) is 0. The lowest BCUT2D eigenvalue weighted by Crippen LogP contribution is -2.23. The minimum Gasteiger partial charge on any atom is -0.326 e. The highest BCUT2D eigenvalue weighted by molar-refractivity contribution is 6.35. The van der Waals surface area contributed by atoms with Crippen LogP contribution in [0.3, 0.4) is 0 Å². The van der Waals surface area contributed by atoms with E-state index in [1.807, 2.05) is 0 Å². The Balaban J connectivity index is 1.73. The molecule has 0 saturated heterocycles. The second-order valence-corrected chi connectivity index (χ2v) is 5.72. The molecule has 1 aromatic carbocycles. The first-order chi connectivity index (χ1) is 10.4.